The van der Waals surface area contributed by atoms with Crippen LogP contribution in [0.2, 0.25) is 5.02 Å². The molecular weight excluding hydrogens is 320 g/mol. The van der Waals surface area contributed by atoms with Crippen molar-refractivity contribution in [3.63, 3.8) is 0 Å². The van der Waals surface area contributed by atoms with E-state index in [1.807, 2.05) is 18.2 Å². The normalized spacial score (nSPS) is 18.7. The summed E-state index contributed by atoms with van der Waals surface area (Å²) in [6.45, 7) is 5.31. The van der Waals surface area contributed by atoms with Gasteiger partial charge < -0.3 is 5.32 Å². The molecule has 0 saturated carbocycles. The first-order chi connectivity index (χ1) is 7.96. The highest BCUT2D eigenvalue weighted by atomic mass is 79.9. The zero-order valence-electron chi connectivity index (χ0n) is 9.76. The Morgan fingerprint density at radius 1 is 1.47 bits per heavy atom. The van der Waals surface area contributed by atoms with E-state index in [1.54, 1.807) is 11.8 Å². The summed E-state index contributed by atoms with van der Waals surface area (Å²) in [6.07, 6.45) is 0. The molecule has 1 aliphatic rings. The van der Waals surface area contributed by atoms with Gasteiger partial charge in [0.15, 0.2) is 5.17 Å². The summed E-state index contributed by atoms with van der Waals surface area (Å²) < 4.78 is 1.01. The van der Waals surface area contributed by atoms with Crippen LogP contribution in [0.25, 0.3) is 0 Å². The molecule has 1 aromatic rings. The van der Waals surface area contributed by atoms with E-state index < -0.39 is 0 Å². The molecular formula is C12H14BrClN2S. The van der Waals surface area contributed by atoms with Crippen LogP contribution >= 0.6 is 39.3 Å². The molecule has 0 bridgehead atoms. The molecule has 17 heavy (non-hydrogen) atoms. The van der Waals surface area contributed by atoms with Crippen molar-refractivity contribution in [3.05, 3.63) is 27.7 Å². The summed E-state index contributed by atoms with van der Waals surface area (Å²) in [5, 5.41) is 4.94. The SMILES string of the molecule is CC1(C)CN=C(Nc2cc(Br)ccc2Cl)SC1. The molecule has 5 heteroatoms. The number of hydrogen-bond donors (Lipinski definition) is 1. The summed E-state index contributed by atoms with van der Waals surface area (Å²) in [5.74, 6) is 1.07. The zero-order valence-corrected chi connectivity index (χ0v) is 12.9. The van der Waals surface area contributed by atoms with E-state index in [2.05, 4.69) is 40.1 Å². The van der Waals surface area contributed by atoms with Gasteiger partial charge in [0, 0.05) is 16.8 Å². The summed E-state index contributed by atoms with van der Waals surface area (Å²) in [7, 11) is 0. The number of thioether (sulfide) groups is 1. The molecule has 0 radical (unpaired) electrons. The van der Waals surface area contributed by atoms with Crippen molar-refractivity contribution in [1.29, 1.82) is 0 Å². The predicted octanol–water partition coefficient (Wildman–Crippen LogP) is 4.64. The largest absolute Gasteiger partial charge is 0.334 e. The average Bonchev–Trinajstić information content (AvgIpc) is 2.26. The third-order valence-electron chi connectivity index (χ3n) is 2.42. The molecule has 0 aliphatic carbocycles. The molecule has 2 rings (SSSR count). The van der Waals surface area contributed by atoms with Crippen molar-refractivity contribution in [1.82, 2.24) is 0 Å². The topological polar surface area (TPSA) is 24.4 Å². The highest BCUT2D eigenvalue weighted by Crippen LogP contribution is 2.31. The molecule has 0 aromatic heterocycles. The predicted molar refractivity (Wildman–Crippen MR) is 81.3 cm³/mol. The minimum Gasteiger partial charge on any atom is -0.334 e. The van der Waals surface area contributed by atoms with E-state index in [1.165, 1.54) is 0 Å². The number of halogens is 2. The summed E-state index contributed by atoms with van der Waals surface area (Å²) in [5.41, 5.74) is 1.18. The summed E-state index contributed by atoms with van der Waals surface area (Å²) in [6, 6.07) is 5.75. The fraction of sp³-hybridized carbons (Fsp3) is 0.417. The number of nitrogens with zero attached hydrogens (tertiary/aromatic N) is 1. The van der Waals surface area contributed by atoms with Gasteiger partial charge in [-0.15, -0.1) is 0 Å². The van der Waals surface area contributed by atoms with Crippen LogP contribution < -0.4 is 5.32 Å². The van der Waals surface area contributed by atoms with E-state index in [4.69, 9.17) is 11.6 Å². The number of aliphatic imine (C=N–C) groups is 1. The van der Waals surface area contributed by atoms with Crippen LogP contribution in [0.4, 0.5) is 5.69 Å². The van der Waals surface area contributed by atoms with Gasteiger partial charge in [0.25, 0.3) is 0 Å². The van der Waals surface area contributed by atoms with Crippen LogP contribution in [-0.4, -0.2) is 17.5 Å². The second kappa shape index (κ2) is 5.21. The number of amidine groups is 1. The van der Waals surface area contributed by atoms with Crippen molar-refractivity contribution >= 4 is 50.1 Å². The van der Waals surface area contributed by atoms with Gasteiger partial charge in [-0.3, -0.25) is 4.99 Å². The number of anilines is 1. The molecule has 0 atom stereocenters. The Morgan fingerprint density at radius 2 is 2.24 bits per heavy atom. The van der Waals surface area contributed by atoms with Gasteiger partial charge in [-0.1, -0.05) is 53.1 Å². The molecule has 0 amide bonds. The Labute approximate surface area is 119 Å². The first kappa shape index (κ1) is 13.2. The first-order valence-electron chi connectivity index (χ1n) is 5.36. The van der Waals surface area contributed by atoms with Crippen molar-refractivity contribution in [3.8, 4) is 0 Å². The summed E-state index contributed by atoms with van der Waals surface area (Å²) in [4.78, 5) is 4.54. The molecule has 0 fully saturated rings. The van der Waals surface area contributed by atoms with E-state index in [0.29, 0.717) is 5.02 Å². The van der Waals surface area contributed by atoms with Crippen LogP contribution in [-0.2, 0) is 0 Å². The van der Waals surface area contributed by atoms with Crippen LogP contribution in [0.3, 0.4) is 0 Å². The van der Waals surface area contributed by atoms with Gasteiger partial charge in [0.05, 0.1) is 10.7 Å². The lowest BCUT2D eigenvalue weighted by molar-refractivity contribution is 0.438. The Bertz CT molecular complexity index is 460. The smallest absolute Gasteiger partial charge is 0.161 e. The van der Waals surface area contributed by atoms with Crippen molar-refractivity contribution < 1.29 is 0 Å². The molecule has 0 spiro atoms. The standard InChI is InChI=1S/C12H14BrClN2S/c1-12(2)6-15-11(17-7-12)16-10-5-8(13)3-4-9(10)14/h3-5H,6-7H2,1-2H3,(H,15,16). The fourth-order valence-corrected chi connectivity index (χ4v) is 2.91. The minimum atomic E-state index is 0.289. The first-order valence-corrected chi connectivity index (χ1v) is 7.51. The average molecular weight is 334 g/mol. The molecule has 0 saturated heterocycles. The van der Waals surface area contributed by atoms with Gasteiger partial charge in [-0.05, 0) is 23.6 Å². The molecule has 0 unspecified atom stereocenters. The van der Waals surface area contributed by atoms with Crippen LogP contribution in [0.15, 0.2) is 27.7 Å². The van der Waals surface area contributed by atoms with Gasteiger partial charge in [0.2, 0.25) is 0 Å². The third kappa shape index (κ3) is 3.63. The fourth-order valence-electron chi connectivity index (χ4n) is 1.42. The molecule has 92 valence electrons. The van der Waals surface area contributed by atoms with Crippen molar-refractivity contribution in [2.75, 3.05) is 17.6 Å². The van der Waals surface area contributed by atoms with Crippen molar-refractivity contribution in [2.45, 2.75) is 13.8 Å². The molecule has 1 heterocycles. The molecule has 1 aliphatic heterocycles. The Hall–Kier alpha value is -0.190. The lowest BCUT2D eigenvalue weighted by atomic mass is 9.97. The van der Waals surface area contributed by atoms with E-state index >= 15 is 0 Å². The van der Waals surface area contributed by atoms with E-state index in [9.17, 15) is 0 Å². The Kier molecular flexibility index (Phi) is 4.06. The lowest BCUT2D eigenvalue weighted by Crippen LogP contribution is -2.27. The number of benzene rings is 1. The van der Waals surface area contributed by atoms with Gasteiger partial charge in [-0.25, -0.2) is 0 Å². The molecule has 1 N–H and O–H groups in total. The Balaban J connectivity index is 2.12. The van der Waals surface area contributed by atoms with Gasteiger partial charge in [-0.2, -0.15) is 0 Å². The van der Waals surface area contributed by atoms with Crippen molar-refractivity contribution in [2.24, 2.45) is 10.4 Å². The number of hydrogen-bond acceptors (Lipinski definition) is 3. The Morgan fingerprint density at radius 3 is 2.88 bits per heavy atom. The lowest BCUT2D eigenvalue weighted by Gasteiger charge is -2.27. The van der Waals surface area contributed by atoms with E-state index in [-0.39, 0.29) is 5.41 Å². The zero-order chi connectivity index (χ0) is 12.5. The number of rotatable bonds is 1. The molecule has 2 nitrogen and oxygen atoms in total. The monoisotopic (exact) mass is 332 g/mol. The van der Waals surface area contributed by atoms with Crippen LogP contribution in [0, 0.1) is 5.41 Å². The van der Waals surface area contributed by atoms with Gasteiger partial charge >= 0.3 is 0 Å². The second-order valence-electron chi connectivity index (χ2n) is 4.82. The van der Waals surface area contributed by atoms with Crippen LogP contribution in [0.5, 0.6) is 0 Å². The third-order valence-corrected chi connectivity index (χ3v) is 4.67. The number of nitrogens with one attached hydrogen (secondary N) is 1. The maximum absolute atomic E-state index is 6.12. The molecule has 1 aromatic carbocycles. The van der Waals surface area contributed by atoms with Gasteiger partial charge in [0.1, 0.15) is 0 Å². The highest BCUT2D eigenvalue weighted by Gasteiger charge is 2.23. The van der Waals surface area contributed by atoms with Crippen LogP contribution in [0.1, 0.15) is 13.8 Å². The van der Waals surface area contributed by atoms with E-state index in [0.717, 1.165) is 27.6 Å². The second-order valence-corrected chi connectivity index (χ2v) is 7.11. The quantitative estimate of drug-likeness (QED) is 0.809. The summed E-state index contributed by atoms with van der Waals surface area (Å²) >= 11 is 11.3. The maximum Gasteiger partial charge on any atom is 0.161 e. The minimum absolute atomic E-state index is 0.289. The highest BCUT2D eigenvalue weighted by molar-refractivity contribution is 9.10. The maximum atomic E-state index is 6.12.